The third kappa shape index (κ3) is 2.27. The summed E-state index contributed by atoms with van der Waals surface area (Å²) < 4.78 is 11.6. The van der Waals surface area contributed by atoms with Crippen molar-refractivity contribution in [3.63, 3.8) is 0 Å². The zero-order chi connectivity index (χ0) is 11.8. The summed E-state index contributed by atoms with van der Waals surface area (Å²) in [5.41, 5.74) is -0.000426. The molecule has 3 nitrogen and oxygen atoms in total. The van der Waals surface area contributed by atoms with E-state index in [1.54, 1.807) is 0 Å². The van der Waals surface area contributed by atoms with Crippen LogP contribution in [-0.2, 0) is 9.47 Å². The fourth-order valence-electron chi connectivity index (χ4n) is 3.00. The molecule has 2 aliphatic rings. The minimum atomic E-state index is -0.206. The molecule has 2 aliphatic heterocycles. The van der Waals surface area contributed by atoms with Crippen molar-refractivity contribution in [1.82, 2.24) is 5.32 Å². The molecule has 0 aromatic rings. The quantitative estimate of drug-likeness (QED) is 0.744. The average molecular weight is 227 g/mol. The van der Waals surface area contributed by atoms with Crippen molar-refractivity contribution in [2.45, 2.75) is 52.3 Å². The molecule has 1 N–H and O–H groups in total. The van der Waals surface area contributed by atoms with E-state index in [-0.39, 0.29) is 11.1 Å². The Hall–Kier alpha value is -0.120. The van der Waals surface area contributed by atoms with Crippen molar-refractivity contribution in [3.05, 3.63) is 0 Å². The van der Waals surface area contributed by atoms with Crippen molar-refractivity contribution in [3.8, 4) is 0 Å². The third-order valence-corrected chi connectivity index (χ3v) is 3.85. The molecule has 0 radical (unpaired) electrons. The molecule has 1 spiro atoms. The minimum absolute atomic E-state index is 0.205. The first-order chi connectivity index (χ1) is 7.45. The van der Waals surface area contributed by atoms with Crippen LogP contribution >= 0.6 is 0 Å². The SMILES string of the molecule is CC(C)C1NC2(CCCOC2)OCC1(C)C. The molecule has 3 heteroatoms. The number of ether oxygens (including phenoxy) is 2. The van der Waals surface area contributed by atoms with E-state index in [1.165, 1.54) is 0 Å². The molecule has 2 saturated heterocycles. The first-order valence-electron chi connectivity index (χ1n) is 6.45. The van der Waals surface area contributed by atoms with Crippen LogP contribution in [0.5, 0.6) is 0 Å². The monoisotopic (exact) mass is 227 g/mol. The summed E-state index contributed by atoms with van der Waals surface area (Å²) in [4.78, 5) is 0. The molecule has 2 fully saturated rings. The van der Waals surface area contributed by atoms with E-state index < -0.39 is 0 Å². The lowest BCUT2D eigenvalue weighted by Crippen LogP contribution is -2.67. The van der Waals surface area contributed by atoms with Crippen molar-refractivity contribution in [2.24, 2.45) is 11.3 Å². The Bertz CT molecular complexity index is 244. The fourth-order valence-corrected chi connectivity index (χ4v) is 3.00. The zero-order valence-corrected chi connectivity index (χ0v) is 11.0. The molecule has 16 heavy (non-hydrogen) atoms. The second-order valence-corrected chi connectivity index (χ2v) is 6.29. The van der Waals surface area contributed by atoms with Crippen LogP contribution in [0, 0.1) is 11.3 Å². The van der Waals surface area contributed by atoms with E-state index >= 15 is 0 Å². The van der Waals surface area contributed by atoms with Gasteiger partial charge in [0, 0.05) is 18.1 Å². The Morgan fingerprint density at radius 3 is 2.56 bits per heavy atom. The van der Waals surface area contributed by atoms with Gasteiger partial charge >= 0.3 is 0 Å². The number of hydrogen-bond acceptors (Lipinski definition) is 3. The Morgan fingerprint density at radius 2 is 2.00 bits per heavy atom. The highest BCUT2D eigenvalue weighted by Crippen LogP contribution is 2.36. The summed E-state index contributed by atoms with van der Waals surface area (Å²) in [6, 6.07) is 0.503. The molecule has 0 aromatic carbocycles. The van der Waals surface area contributed by atoms with Crippen LogP contribution in [0.15, 0.2) is 0 Å². The van der Waals surface area contributed by atoms with Gasteiger partial charge in [-0.25, -0.2) is 0 Å². The molecule has 0 aliphatic carbocycles. The maximum atomic E-state index is 6.07. The predicted molar refractivity (Wildman–Crippen MR) is 64.3 cm³/mol. The van der Waals surface area contributed by atoms with Gasteiger partial charge in [-0.2, -0.15) is 0 Å². The summed E-state index contributed by atoms with van der Waals surface area (Å²) >= 11 is 0. The van der Waals surface area contributed by atoms with Crippen LogP contribution in [0.25, 0.3) is 0 Å². The highest BCUT2D eigenvalue weighted by Gasteiger charge is 2.46. The van der Waals surface area contributed by atoms with E-state index in [1.807, 2.05) is 0 Å². The van der Waals surface area contributed by atoms with E-state index in [0.717, 1.165) is 26.1 Å². The lowest BCUT2D eigenvalue weighted by molar-refractivity contribution is -0.209. The minimum Gasteiger partial charge on any atom is -0.377 e. The van der Waals surface area contributed by atoms with Gasteiger partial charge in [-0.15, -0.1) is 0 Å². The largest absolute Gasteiger partial charge is 0.377 e. The maximum Gasteiger partial charge on any atom is 0.143 e. The topological polar surface area (TPSA) is 30.5 Å². The Morgan fingerprint density at radius 1 is 1.25 bits per heavy atom. The van der Waals surface area contributed by atoms with E-state index in [0.29, 0.717) is 18.6 Å². The van der Waals surface area contributed by atoms with E-state index in [9.17, 15) is 0 Å². The molecule has 0 aromatic heterocycles. The van der Waals surface area contributed by atoms with E-state index in [4.69, 9.17) is 9.47 Å². The van der Waals surface area contributed by atoms with Crippen molar-refractivity contribution >= 4 is 0 Å². The second kappa shape index (κ2) is 4.28. The fraction of sp³-hybridized carbons (Fsp3) is 1.00. The van der Waals surface area contributed by atoms with E-state index in [2.05, 4.69) is 33.0 Å². The van der Waals surface area contributed by atoms with Gasteiger partial charge in [0.1, 0.15) is 5.72 Å². The van der Waals surface area contributed by atoms with Crippen molar-refractivity contribution < 1.29 is 9.47 Å². The first-order valence-corrected chi connectivity index (χ1v) is 6.45. The van der Waals surface area contributed by atoms with Crippen LogP contribution in [0.1, 0.15) is 40.5 Å². The van der Waals surface area contributed by atoms with Crippen LogP contribution in [0.3, 0.4) is 0 Å². The highest BCUT2D eigenvalue weighted by atomic mass is 16.6. The van der Waals surface area contributed by atoms with Crippen LogP contribution in [0.4, 0.5) is 0 Å². The first kappa shape index (κ1) is 12.3. The summed E-state index contributed by atoms with van der Waals surface area (Å²) in [6.07, 6.45) is 2.17. The molecule has 0 amide bonds. The van der Waals surface area contributed by atoms with Gasteiger partial charge in [0.25, 0.3) is 0 Å². The molecule has 2 unspecified atom stereocenters. The molecular formula is C13H25NO2. The lowest BCUT2D eigenvalue weighted by Gasteiger charge is -2.52. The van der Waals surface area contributed by atoms with Crippen LogP contribution < -0.4 is 5.32 Å². The Labute approximate surface area is 98.9 Å². The number of rotatable bonds is 1. The van der Waals surface area contributed by atoms with Crippen LogP contribution in [0.2, 0.25) is 0 Å². The van der Waals surface area contributed by atoms with Crippen molar-refractivity contribution in [2.75, 3.05) is 19.8 Å². The molecule has 2 atom stereocenters. The highest BCUT2D eigenvalue weighted by molar-refractivity contribution is 4.97. The van der Waals surface area contributed by atoms with Crippen molar-refractivity contribution in [1.29, 1.82) is 0 Å². The number of hydrogen-bond donors (Lipinski definition) is 1. The third-order valence-electron chi connectivity index (χ3n) is 3.85. The smallest absolute Gasteiger partial charge is 0.143 e. The molecule has 0 bridgehead atoms. The van der Waals surface area contributed by atoms with Gasteiger partial charge in [0.05, 0.1) is 13.2 Å². The van der Waals surface area contributed by atoms with Gasteiger partial charge in [-0.3, -0.25) is 5.32 Å². The average Bonchev–Trinajstić information content (AvgIpc) is 2.23. The summed E-state index contributed by atoms with van der Waals surface area (Å²) in [5.74, 6) is 0.623. The van der Waals surface area contributed by atoms with Gasteiger partial charge in [-0.05, 0) is 18.8 Å². The summed E-state index contributed by atoms with van der Waals surface area (Å²) in [6.45, 7) is 11.5. The van der Waals surface area contributed by atoms with Gasteiger partial charge in [0.15, 0.2) is 0 Å². The Kier molecular flexibility index (Phi) is 3.30. The number of nitrogens with one attached hydrogen (secondary N) is 1. The van der Waals surface area contributed by atoms with Crippen LogP contribution in [-0.4, -0.2) is 31.6 Å². The second-order valence-electron chi connectivity index (χ2n) is 6.29. The summed E-state index contributed by atoms with van der Waals surface area (Å²) in [7, 11) is 0. The molecule has 2 rings (SSSR count). The van der Waals surface area contributed by atoms with Gasteiger partial charge < -0.3 is 9.47 Å². The standard InChI is InChI=1S/C13H25NO2/c1-10(2)11-12(3,4)8-16-13(14-11)6-5-7-15-9-13/h10-11,14H,5-9H2,1-4H3. The molecular weight excluding hydrogens is 202 g/mol. The molecule has 94 valence electrons. The van der Waals surface area contributed by atoms with Gasteiger partial charge in [-0.1, -0.05) is 27.7 Å². The predicted octanol–water partition coefficient (Wildman–Crippen LogP) is 2.16. The molecule has 2 heterocycles. The summed E-state index contributed by atoms with van der Waals surface area (Å²) in [5, 5.41) is 3.71. The zero-order valence-electron chi connectivity index (χ0n) is 11.0. The Balaban J connectivity index is 2.10. The maximum absolute atomic E-state index is 6.07. The normalized spacial score (nSPS) is 39.2. The lowest BCUT2D eigenvalue weighted by atomic mass is 9.76. The molecule has 0 saturated carbocycles. The van der Waals surface area contributed by atoms with Gasteiger partial charge in [0.2, 0.25) is 0 Å².